The van der Waals surface area contributed by atoms with Gasteiger partial charge in [-0.3, -0.25) is 15.5 Å². The van der Waals surface area contributed by atoms with Gasteiger partial charge < -0.3 is 14.8 Å². The lowest BCUT2D eigenvalue weighted by molar-refractivity contribution is -0.386. The summed E-state index contributed by atoms with van der Waals surface area (Å²) in [6, 6.07) is 12.3. The topological polar surface area (TPSA) is 98.0 Å². The second-order valence-electron chi connectivity index (χ2n) is 5.47. The first-order valence-corrected chi connectivity index (χ1v) is 8.67. The number of hydrazone groups is 1. The molecule has 2 N–H and O–H groups in total. The monoisotopic (exact) mass is 400 g/mol. The van der Waals surface area contributed by atoms with E-state index in [0.717, 1.165) is 5.56 Å². The number of methoxy groups -OCH3 is 1. The van der Waals surface area contributed by atoms with Crippen LogP contribution in [0.3, 0.4) is 0 Å². The summed E-state index contributed by atoms with van der Waals surface area (Å²) in [4.78, 5) is 11.0. The Balaban J connectivity index is 2.20. The number of rotatable bonds is 9. The molecule has 8 nitrogen and oxygen atoms in total. The Morgan fingerprint density at radius 2 is 2.11 bits per heavy atom. The molecule has 0 aliphatic rings. The van der Waals surface area contributed by atoms with Crippen LogP contribution < -0.4 is 20.2 Å². The Hall–Kier alpha value is -3.46. The molecule has 2 rings (SSSR count). The van der Waals surface area contributed by atoms with Crippen molar-refractivity contribution >= 4 is 29.2 Å². The average molecular weight is 400 g/mol. The highest BCUT2D eigenvalue weighted by atomic mass is 32.1. The van der Waals surface area contributed by atoms with Gasteiger partial charge in [-0.25, -0.2) is 0 Å². The van der Waals surface area contributed by atoms with Crippen LogP contribution in [0.2, 0.25) is 0 Å². The minimum Gasteiger partial charge on any atom is -0.493 e. The fourth-order valence-corrected chi connectivity index (χ4v) is 2.35. The molecule has 0 amide bonds. The zero-order valence-corrected chi connectivity index (χ0v) is 16.1. The van der Waals surface area contributed by atoms with Crippen molar-refractivity contribution in [3.05, 3.63) is 76.4 Å². The third-order valence-corrected chi connectivity index (χ3v) is 3.72. The van der Waals surface area contributed by atoms with Gasteiger partial charge in [0.2, 0.25) is 5.75 Å². The van der Waals surface area contributed by atoms with E-state index in [1.165, 1.54) is 19.4 Å². The quantitative estimate of drug-likeness (QED) is 0.219. The summed E-state index contributed by atoms with van der Waals surface area (Å²) in [6.07, 6.45) is 3.05. The van der Waals surface area contributed by atoms with Gasteiger partial charge in [-0.1, -0.05) is 36.4 Å². The molecule has 9 heteroatoms. The van der Waals surface area contributed by atoms with Gasteiger partial charge in [-0.15, -0.1) is 6.58 Å². The average Bonchev–Trinajstić information content (AvgIpc) is 2.71. The lowest BCUT2D eigenvalue weighted by Crippen LogP contribution is -2.31. The van der Waals surface area contributed by atoms with Crippen molar-refractivity contribution in [1.29, 1.82) is 0 Å². The number of hydrogen-bond acceptors (Lipinski definition) is 6. The molecule has 2 aromatic carbocycles. The summed E-state index contributed by atoms with van der Waals surface area (Å²) >= 11 is 5.02. The molecular formula is C19H20N4O4S. The van der Waals surface area contributed by atoms with Crippen molar-refractivity contribution in [2.45, 2.75) is 6.61 Å². The molecule has 0 aliphatic carbocycles. The van der Waals surface area contributed by atoms with Crippen molar-refractivity contribution in [2.75, 3.05) is 13.7 Å². The van der Waals surface area contributed by atoms with Gasteiger partial charge in [0, 0.05) is 18.2 Å². The molecule has 0 radical (unpaired) electrons. The molecule has 146 valence electrons. The SMILES string of the molecule is C=CCNC(=S)N/N=C/c1cc(OC)c(OCc2ccccc2)c([N+](=O)[O-])c1. The lowest BCUT2D eigenvalue weighted by Gasteiger charge is -2.12. The van der Waals surface area contributed by atoms with Gasteiger partial charge in [0.05, 0.1) is 18.2 Å². The maximum absolute atomic E-state index is 11.5. The van der Waals surface area contributed by atoms with E-state index in [-0.39, 0.29) is 23.8 Å². The summed E-state index contributed by atoms with van der Waals surface area (Å²) in [6.45, 7) is 4.24. The summed E-state index contributed by atoms with van der Waals surface area (Å²) in [5, 5.41) is 18.6. The first-order valence-electron chi connectivity index (χ1n) is 8.26. The summed E-state index contributed by atoms with van der Waals surface area (Å²) in [5.41, 5.74) is 3.73. The minimum absolute atomic E-state index is 0.0598. The van der Waals surface area contributed by atoms with E-state index in [1.54, 1.807) is 12.1 Å². The fraction of sp³-hybridized carbons (Fsp3) is 0.158. The third kappa shape index (κ3) is 6.06. The second-order valence-corrected chi connectivity index (χ2v) is 5.88. The molecule has 0 atom stereocenters. The van der Waals surface area contributed by atoms with E-state index >= 15 is 0 Å². The van der Waals surface area contributed by atoms with Crippen LogP contribution in [0.5, 0.6) is 11.5 Å². The number of nitro benzene ring substituents is 1. The summed E-state index contributed by atoms with van der Waals surface area (Å²) in [5.74, 6) is 0.295. The van der Waals surface area contributed by atoms with Gasteiger partial charge in [0.15, 0.2) is 10.9 Å². The van der Waals surface area contributed by atoms with Gasteiger partial charge in [0.25, 0.3) is 0 Å². The van der Waals surface area contributed by atoms with E-state index in [1.807, 2.05) is 30.3 Å². The number of nitro groups is 1. The van der Waals surface area contributed by atoms with Crippen LogP contribution in [-0.2, 0) is 6.61 Å². The van der Waals surface area contributed by atoms with Gasteiger partial charge in [-0.2, -0.15) is 5.10 Å². The van der Waals surface area contributed by atoms with E-state index in [2.05, 4.69) is 22.4 Å². The van der Waals surface area contributed by atoms with Crippen molar-refractivity contribution < 1.29 is 14.4 Å². The van der Waals surface area contributed by atoms with E-state index < -0.39 is 4.92 Å². The van der Waals surface area contributed by atoms with Crippen molar-refractivity contribution in [1.82, 2.24) is 10.7 Å². The molecule has 0 spiro atoms. The minimum atomic E-state index is -0.524. The highest BCUT2D eigenvalue weighted by Crippen LogP contribution is 2.38. The van der Waals surface area contributed by atoms with E-state index in [0.29, 0.717) is 17.2 Å². The molecule has 28 heavy (non-hydrogen) atoms. The Bertz CT molecular complexity index is 872. The number of benzene rings is 2. The van der Waals surface area contributed by atoms with Crippen LogP contribution in [0.25, 0.3) is 0 Å². The molecule has 0 bridgehead atoms. The highest BCUT2D eigenvalue weighted by molar-refractivity contribution is 7.80. The third-order valence-electron chi connectivity index (χ3n) is 3.49. The number of thiocarbonyl (C=S) groups is 1. The molecule has 0 unspecified atom stereocenters. The van der Waals surface area contributed by atoms with Crippen LogP contribution in [0.4, 0.5) is 5.69 Å². The van der Waals surface area contributed by atoms with Crippen molar-refractivity contribution in [3.8, 4) is 11.5 Å². The predicted octanol–water partition coefficient (Wildman–Crippen LogP) is 3.17. The summed E-state index contributed by atoms with van der Waals surface area (Å²) < 4.78 is 11.0. The number of nitrogens with zero attached hydrogens (tertiary/aromatic N) is 2. The molecule has 0 aromatic heterocycles. The summed E-state index contributed by atoms with van der Waals surface area (Å²) in [7, 11) is 1.42. The molecule has 0 fully saturated rings. The Morgan fingerprint density at radius 1 is 1.36 bits per heavy atom. The Labute approximate surface area is 168 Å². The standard InChI is InChI=1S/C19H20N4O4S/c1-3-9-20-19(28)22-21-12-15-10-16(23(24)25)18(17(11-15)26-2)27-13-14-7-5-4-6-8-14/h3-8,10-12H,1,9,13H2,2H3,(H2,20,22,28)/b21-12+. The number of hydrogen-bond donors (Lipinski definition) is 2. The maximum Gasteiger partial charge on any atom is 0.315 e. The Kier molecular flexibility index (Phi) is 7.92. The lowest BCUT2D eigenvalue weighted by atomic mass is 10.1. The highest BCUT2D eigenvalue weighted by Gasteiger charge is 2.22. The first-order chi connectivity index (χ1) is 13.5. The normalized spacial score (nSPS) is 10.3. The van der Waals surface area contributed by atoms with Gasteiger partial charge >= 0.3 is 5.69 Å². The fourth-order valence-electron chi connectivity index (χ4n) is 2.21. The largest absolute Gasteiger partial charge is 0.493 e. The van der Waals surface area contributed by atoms with Crippen LogP contribution in [0, 0.1) is 10.1 Å². The van der Waals surface area contributed by atoms with Crippen LogP contribution >= 0.6 is 12.2 Å². The molecule has 2 aromatic rings. The maximum atomic E-state index is 11.5. The van der Waals surface area contributed by atoms with Crippen molar-refractivity contribution in [2.24, 2.45) is 5.10 Å². The van der Waals surface area contributed by atoms with Crippen molar-refractivity contribution in [3.63, 3.8) is 0 Å². The second kappa shape index (κ2) is 10.6. The molecular weight excluding hydrogens is 380 g/mol. The van der Waals surface area contributed by atoms with Crippen LogP contribution in [0.1, 0.15) is 11.1 Å². The van der Waals surface area contributed by atoms with Gasteiger partial charge in [0.1, 0.15) is 6.61 Å². The zero-order valence-electron chi connectivity index (χ0n) is 15.3. The number of ether oxygens (including phenoxy) is 2. The molecule has 0 saturated carbocycles. The predicted molar refractivity (Wildman–Crippen MR) is 112 cm³/mol. The number of nitrogens with one attached hydrogen (secondary N) is 2. The molecule has 0 heterocycles. The van der Waals surface area contributed by atoms with E-state index in [4.69, 9.17) is 21.7 Å². The molecule has 0 aliphatic heterocycles. The van der Waals surface area contributed by atoms with Gasteiger partial charge in [-0.05, 0) is 23.8 Å². The van der Waals surface area contributed by atoms with Crippen LogP contribution in [-0.4, -0.2) is 29.9 Å². The Morgan fingerprint density at radius 3 is 2.75 bits per heavy atom. The first kappa shape index (κ1) is 20.8. The smallest absolute Gasteiger partial charge is 0.315 e. The zero-order chi connectivity index (χ0) is 20.4. The van der Waals surface area contributed by atoms with Crippen LogP contribution in [0.15, 0.2) is 60.2 Å². The molecule has 0 saturated heterocycles. The van der Waals surface area contributed by atoms with E-state index in [9.17, 15) is 10.1 Å².